The molecule has 1 aliphatic heterocycles. The second-order valence-corrected chi connectivity index (χ2v) is 5.76. The van der Waals surface area contributed by atoms with Gasteiger partial charge in [-0.25, -0.2) is 4.57 Å². The number of hydrogen-bond acceptors (Lipinski definition) is 2. The Balaban J connectivity index is 0.00000144. The fraction of sp³-hybridized carbons (Fsp3) is 0.278. The normalized spacial score (nSPS) is 14.9. The third-order valence-electron chi connectivity index (χ3n) is 4.54. The average Bonchev–Trinajstić information content (AvgIpc) is 3.00. The first kappa shape index (κ1) is 15.3. The molecule has 114 valence electrons. The van der Waals surface area contributed by atoms with Crippen molar-refractivity contribution in [2.45, 2.75) is 19.5 Å². The monoisotopic (exact) mass is 358 g/mol. The van der Waals surface area contributed by atoms with Crippen molar-refractivity contribution in [2.75, 3.05) is 18.1 Å². The Morgan fingerprint density at radius 1 is 1.05 bits per heavy atom. The van der Waals surface area contributed by atoms with E-state index in [1.54, 1.807) is 0 Å². The molecule has 2 heterocycles. The quantitative estimate of drug-likeness (QED) is 0.493. The first-order chi connectivity index (χ1) is 10.3. The lowest BCUT2D eigenvalue weighted by Gasteiger charge is -2.18. The van der Waals surface area contributed by atoms with Crippen molar-refractivity contribution >= 4 is 27.5 Å². The number of aliphatic hydroxyl groups excluding tert-OH is 1. The van der Waals surface area contributed by atoms with Gasteiger partial charge < -0.3 is 22.1 Å². The maximum absolute atomic E-state index is 9.56. The Labute approximate surface area is 140 Å². The summed E-state index contributed by atoms with van der Waals surface area (Å²) >= 11 is 0. The van der Waals surface area contributed by atoms with Gasteiger partial charge >= 0.3 is 0 Å². The molecule has 0 aliphatic carbocycles. The highest BCUT2D eigenvalue weighted by Gasteiger charge is 2.35. The second-order valence-electron chi connectivity index (χ2n) is 5.76. The van der Waals surface area contributed by atoms with Crippen LogP contribution in [0.5, 0.6) is 0 Å². The molecule has 3 nitrogen and oxygen atoms in total. The third kappa shape index (κ3) is 2.09. The van der Waals surface area contributed by atoms with E-state index in [4.69, 9.17) is 0 Å². The molecule has 4 rings (SSSR count). The van der Waals surface area contributed by atoms with Crippen LogP contribution >= 0.6 is 0 Å². The molecule has 2 aromatic carbocycles. The first-order valence-corrected chi connectivity index (χ1v) is 7.52. The van der Waals surface area contributed by atoms with Crippen LogP contribution < -0.4 is 26.4 Å². The molecular formula is C18H19BrN2O. The van der Waals surface area contributed by atoms with Gasteiger partial charge in [-0.2, -0.15) is 0 Å². The molecule has 0 fully saturated rings. The SMILES string of the molecule is C[C@H](CO)N1CC[n+]2c1c1ccccc1c1ccccc12.[Br-]. The number of aromatic nitrogens is 1. The number of para-hydroxylation sites is 1. The second kappa shape index (κ2) is 5.86. The zero-order valence-corrected chi connectivity index (χ0v) is 14.1. The number of hydrogen-bond donors (Lipinski definition) is 1. The minimum Gasteiger partial charge on any atom is -1.00 e. The van der Waals surface area contributed by atoms with Gasteiger partial charge in [-0.3, -0.25) is 4.90 Å². The molecule has 0 radical (unpaired) electrons. The predicted molar refractivity (Wildman–Crippen MR) is 85.5 cm³/mol. The van der Waals surface area contributed by atoms with E-state index < -0.39 is 0 Å². The largest absolute Gasteiger partial charge is 1.00 e. The van der Waals surface area contributed by atoms with Gasteiger partial charge in [0, 0.05) is 10.8 Å². The van der Waals surface area contributed by atoms with E-state index in [1.165, 1.54) is 27.5 Å². The van der Waals surface area contributed by atoms with Crippen LogP contribution in [-0.4, -0.2) is 24.3 Å². The topological polar surface area (TPSA) is 27.3 Å². The fourth-order valence-corrected chi connectivity index (χ4v) is 3.49. The maximum atomic E-state index is 9.56. The van der Waals surface area contributed by atoms with E-state index in [0.29, 0.717) is 0 Å². The molecule has 0 saturated carbocycles. The fourth-order valence-electron chi connectivity index (χ4n) is 3.49. The van der Waals surface area contributed by atoms with Crippen LogP contribution in [-0.2, 0) is 6.54 Å². The molecule has 3 aromatic rings. The molecule has 0 saturated heterocycles. The first-order valence-electron chi connectivity index (χ1n) is 7.52. The minimum absolute atomic E-state index is 0. The highest BCUT2D eigenvalue weighted by Crippen LogP contribution is 2.32. The van der Waals surface area contributed by atoms with Crippen molar-refractivity contribution in [1.29, 1.82) is 0 Å². The zero-order valence-electron chi connectivity index (χ0n) is 12.5. The number of halogens is 1. The molecule has 0 bridgehead atoms. The van der Waals surface area contributed by atoms with Gasteiger partial charge in [-0.05, 0) is 19.1 Å². The molecule has 0 unspecified atom stereocenters. The Morgan fingerprint density at radius 3 is 2.41 bits per heavy atom. The smallest absolute Gasteiger partial charge is 0.285 e. The van der Waals surface area contributed by atoms with Gasteiger partial charge in [0.2, 0.25) is 0 Å². The van der Waals surface area contributed by atoms with E-state index >= 15 is 0 Å². The summed E-state index contributed by atoms with van der Waals surface area (Å²) in [6, 6.07) is 17.3. The van der Waals surface area contributed by atoms with Crippen LogP contribution in [0.3, 0.4) is 0 Å². The molecule has 0 amide bonds. The van der Waals surface area contributed by atoms with Crippen molar-refractivity contribution in [3.63, 3.8) is 0 Å². The highest BCUT2D eigenvalue weighted by atomic mass is 79.9. The highest BCUT2D eigenvalue weighted by molar-refractivity contribution is 6.08. The van der Waals surface area contributed by atoms with Crippen LogP contribution in [0.1, 0.15) is 6.92 Å². The van der Waals surface area contributed by atoms with Crippen LogP contribution in [0, 0.1) is 0 Å². The number of rotatable bonds is 2. The van der Waals surface area contributed by atoms with Crippen molar-refractivity contribution < 1.29 is 26.7 Å². The summed E-state index contributed by atoms with van der Waals surface area (Å²) < 4.78 is 2.39. The number of anilines is 1. The van der Waals surface area contributed by atoms with Gasteiger partial charge in [-0.15, -0.1) is 0 Å². The molecule has 1 atom stereocenters. The number of fused-ring (bicyclic) bond motifs is 6. The lowest BCUT2D eigenvalue weighted by Crippen LogP contribution is -3.00. The van der Waals surface area contributed by atoms with E-state index in [0.717, 1.165) is 13.1 Å². The lowest BCUT2D eigenvalue weighted by molar-refractivity contribution is -0.643. The molecular weight excluding hydrogens is 340 g/mol. The van der Waals surface area contributed by atoms with E-state index in [-0.39, 0.29) is 29.6 Å². The van der Waals surface area contributed by atoms with Crippen molar-refractivity contribution in [3.8, 4) is 0 Å². The van der Waals surface area contributed by atoms with Crippen molar-refractivity contribution in [2.24, 2.45) is 0 Å². The number of nitrogens with zero attached hydrogens (tertiary/aromatic N) is 2. The van der Waals surface area contributed by atoms with Crippen LogP contribution in [0.25, 0.3) is 21.7 Å². The summed E-state index contributed by atoms with van der Waals surface area (Å²) in [5.41, 5.74) is 1.28. The van der Waals surface area contributed by atoms with Gasteiger partial charge in [-0.1, -0.05) is 36.4 Å². The number of benzene rings is 2. The summed E-state index contributed by atoms with van der Waals surface area (Å²) in [5.74, 6) is 1.24. The predicted octanol–water partition coefficient (Wildman–Crippen LogP) is -0.515. The van der Waals surface area contributed by atoms with Crippen LogP contribution in [0.2, 0.25) is 0 Å². The van der Waals surface area contributed by atoms with E-state index in [1.807, 2.05) is 0 Å². The molecule has 4 heteroatoms. The molecule has 1 aliphatic rings. The lowest BCUT2D eigenvalue weighted by atomic mass is 10.1. The maximum Gasteiger partial charge on any atom is 0.285 e. The standard InChI is InChI=1S/C18H19N2O.BrH/c1-13(12-21)19-10-11-20-17-9-5-4-7-15(17)14-6-2-3-8-16(14)18(19)20;/h2-9,13,21H,10-12H2,1H3;1H/q+1;/p-1/t13-;/m1./s1. The summed E-state index contributed by atoms with van der Waals surface area (Å²) in [4.78, 5) is 2.33. The van der Waals surface area contributed by atoms with Crippen LogP contribution in [0.15, 0.2) is 48.5 Å². The van der Waals surface area contributed by atoms with Crippen molar-refractivity contribution in [1.82, 2.24) is 0 Å². The summed E-state index contributed by atoms with van der Waals surface area (Å²) in [7, 11) is 0. The summed E-state index contributed by atoms with van der Waals surface area (Å²) in [6.45, 7) is 4.20. The summed E-state index contributed by atoms with van der Waals surface area (Å²) in [5, 5.41) is 13.4. The van der Waals surface area contributed by atoms with Gasteiger partial charge in [0.05, 0.1) is 12.0 Å². The number of aliphatic hydroxyl groups is 1. The minimum atomic E-state index is 0. The summed E-state index contributed by atoms with van der Waals surface area (Å²) in [6.07, 6.45) is 0. The zero-order chi connectivity index (χ0) is 14.4. The molecule has 22 heavy (non-hydrogen) atoms. The Bertz CT molecular complexity index is 834. The van der Waals surface area contributed by atoms with Crippen LogP contribution in [0.4, 0.5) is 5.82 Å². The van der Waals surface area contributed by atoms with E-state index in [9.17, 15) is 5.11 Å². The Kier molecular flexibility index (Phi) is 4.06. The van der Waals surface area contributed by atoms with E-state index in [2.05, 4.69) is 64.9 Å². The Morgan fingerprint density at radius 2 is 1.68 bits per heavy atom. The number of pyridine rings is 1. The van der Waals surface area contributed by atoms with Gasteiger partial charge in [0.15, 0.2) is 0 Å². The Hall–Kier alpha value is -1.65. The van der Waals surface area contributed by atoms with Crippen molar-refractivity contribution in [3.05, 3.63) is 48.5 Å². The van der Waals surface area contributed by atoms with Gasteiger partial charge in [0.25, 0.3) is 5.82 Å². The third-order valence-corrected chi connectivity index (χ3v) is 4.54. The molecule has 1 N–H and O–H groups in total. The molecule has 0 spiro atoms. The molecule has 1 aromatic heterocycles. The van der Waals surface area contributed by atoms with Gasteiger partial charge in [0.1, 0.15) is 24.6 Å². The average molecular weight is 359 g/mol.